The summed E-state index contributed by atoms with van der Waals surface area (Å²) < 4.78 is 1.72. The zero-order chi connectivity index (χ0) is 18.3. The molecule has 0 aromatic carbocycles. The third-order valence-electron chi connectivity index (χ3n) is 4.77. The largest absolute Gasteiger partial charge is 0.504 e. The Balaban J connectivity index is 1.91. The van der Waals surface area contributed by atoms with Gasteiger partial charge in [-0.25, -0.2) is 4.98 Å². The highest BCUT2D eigenvalue weighted by molar-refractivity contribution is 5.98. The van der Waals surface area contributed by atoms with Crippen molar-refractivity contribution < 1.29 is 14.7 Å². The highest BCUT2D eigenvalue weighted by atomic mass is 16.3. The number of hydrogen-bond donors (Lipinski definition) is 2. The van der Waals surface area contributed by atoms with Crippen molar-refractivity contribution in [2.75, 3.05) is 12.4 Å². The highest BCUT2D eigenvalue weighted by Crippen LogP contribution is 2.39. The van der Waals surface area contributed by atoms with Crippen LogP contribution in [0.15, 0.2) is 18.3 Å². The van der Waals surface area contributed by atoms with Gasteiger partial charge in [0, 0.05) is 37.5 Å². The molecular weight excluding hydrogens is 322 g/mol. The van der Waals surface area contributed by atoms with Gasteiger partial charge in [-0.05, 0) is 26.0 Å². The van der Waals surface area contributed by atoms with E-state index in [1.54, 1.807) is 35.8 Å². The van der Waals surface area contributed by atoms with Gasteiger partial charge in [-0.2, -0.15) is 5.10 Å². The molecule has 2 N–H and O–H groups in total. The van der Waals surface area contributed by atoms with Gasteiger partial charge < -0.3 is 15.3 Å². The van der Waals surface area contributed by atoms with Crippen LogP contribution in [-0.4, -0.2) is 43.6 Å². The van der Waals surface area contributed by atoms with E-state index in [9.17, 15) is 14.7 Å². The quantitative estimate of drug-likeness (QED) is 0.875. The molecule has 1 saturated heterocycles. The maximum absolute atomic E-state index is 12.8. The molecule has 0 spiro atoms. The first kappa shape index (κ1) is 16.9. The molecule has 3 heterocycles. The first-order valence-corrected chi connectivity index (χ1v) is 8.01. The number of hydrogen-bond acceptors (Lipinski definition) is 5. The summed E-state index contributed by atoms with van der Waals surface area (Å²) in [5.41, 5.74) is 2.42. The second kappa shape index (κ2) is 6.19. The van der Waals surface area contributed by atoms with Crippen molar-refractivity contribution in [1.29, 1.82) is 0 Å². The summed E-state index contributed by atoms with van der Waals surface area (Å²) >= 11 is 0. The average Bonchev–Trinajstić information content (AvgIpc) is 3.04. The smallest absolute Gasteiger partial charge is 0.231 e. The summed E-state index contributed by atoms with van der Waals surface area (Å²) in [5, 5.41) is 16.8. The van der Waals surface area contributed by atoms with E-state index in [0.717, 1.165) is 11.3 Å². The molecule has 2 amide bonds. The Morgan fingerprint density at radius 2 is 2.04 bits per heavy atom. The molecule has 1 aliphatic rings. The molecule has 3 rings (SSSR count). The van der Waals surface area contributed by atoms with E-state index in [1.807, 2.05) is 14.0 Å². The summed E-state index contributed by atoms with van der Waals surface area (Å²) in [6, 6.07) is 2.74. The molecule has 25 heavy (non-hydrogen) atoms. The van der Waals surface area contributed by atoms with Crippen molar-refractivity contribution >= 4 is 17.6 Å². The van der Waals surface area contributed by atoms with E-state index in [-0.39, 0.29) is 29.8 Å². The molecule has 0 bridgehead atoms. The Morgan fingerprint density at radius 1 is 1.32 bits per heavy atom. The fourth-order valence-electron chi connectivity index (χ4n) is 3.19. The first-order chi connectivity index (χ1) is 11.8. The van der Waals surface area contributed by atoms with Gasteiger partial charge in [-0.15, -0.1) is 0 Å². The Hall–Kier alpha value is -2.90. The summed E-state index contributed by atoms with van der Waals surface area (Å²) in [4.78, 5) is 30.7. The fourth-order valence-corrected chi connectivity index (χ4v) is 3.19. The number of likely N-dealkylation sites (tertiary alicyclic amines) is 1. The van der Waals surface area contributed by atoms with Crippen LogP contribution < -0.4 is 5.32 Å². The Kier molecular flexibility index (Phi) is 4.20. The molecule has 8 nitrogen and oxygen atoms in total. The van der Waals surface area contributed by atoms with Gasteiger partial charge in [0.1, 0.15) is 0 Å². The topological polar surface area (TPSA) is 100 Å². The van der Waals surface area contributed by atoms with Gasteiger partial charge in [-0.3, -0.25) is 14.3 Å². The molecule has 0 aliphatic carbocycles. The minimum absolute atomic E-state index is 0.102. The van der Waals surface area contributed by atoms with Gasteiger partial charge in [0.2, 0.25) is 11.8 Å². The van der Waals surface area contributed by atoms with Crippen molar-refractivity contribution in [2.45, 2.75) is 26.3 Å². The van der Waals surface area contributed by atoms with E-state index >= 15 is 0 Å². The van der Waals surface area contributed by atoms with Crippen LogP contribution in [0.4, 0.5) is 5.82 Å². The Morgan fingerprint density at radius 3 is 2.68 bits per heavy atom. The van der Waals surface area contributed by atoms with E-state index in [2.05, 4.69) is 15.4 Å². The van der Waals surface area contributed by atoms with E-state index < -0.39 is 12.0 Å². The van der Waals surface area contributed by atoms with Crippen molar-refractivity contribution in [3.63, 3.8) is 0 Å². The highest BCUT2D eigenvalue weighted by Gasteiger charge is 2.44. The molecule has 2 aromatic rings. The number of nitrogens with zero attached hydrogens (tertiary/aromatic N) is 4. The summed E-state index contributed by atoms with van der Waals surface area (Å²) in [6.07, 6.45) is 1.80. The van der Waals surface area contributed by atoms with Gasteiger partial charge in [-0.1, -0.05) is 0 Å². The zero-order valence-electron chi connectivity index (χ0n) is 14.6. The van der Waals surface area contributed by atoms with Crippen LogP contribution >= 0.6 is 0 Å². The van der Waals surface area contributed by atoms with Crippen molar-refractivity contribution in [3.8, 4) is 5.75 Å². The molecule has 8 heteroatoms. The normalized spacial score (nSPS) is 20.2. The van der Waals surface area contributed by atoms with Crippen LogP contribution in [0.1, 0.15) is 29.4 Å². The maximum Gasteiger partial charge on any atom is 0.231 e. The second-order valence-electron chi connectivity index (χ2n) is 6.38. The molecule has 1 fully saturated rings. The number of rotatable bonds is 3. The molecule has 132 valence electrons. The van der Waals surface area contributed by atoms with Crippen LogP contribution in [0.2, 0.25) is 0 Å². The second-order valence-corrected chi connectivity index (χ2v) is 6.38. The Labute approximate surface area is 145 Å². The molecule has 2 atom stereocenters. The standard InChI is InChI=1S/C17H21N5O3/c1-9-5-6-13(23)16(19-9)20-17(25)11-7-14(24)21(3)15(11)12-8-18-22(4)10(12)2/h5-6,8,11,15,23H,7H2,1-4H3,(H,19,20,25)/t11-,15-/m1/s1. The number of amides is 2. The van der Waals surface area contributed by atoms with Crippen molar-refractivity contribution in [2.24, 2.45) is 13.0 Å². The van der Waals surface area contributed by atoms with Crippen LogP contribution in [-0.2, 0) is 16.6 Å². The maximum atomic E-state index is 12.8. The third-order valence-corrected chi connectivity index (χ3v) is 4.77. The Bertz CT molecular complexity index is 845. The summed E-state index contributed by atoms with van der Waals surface area (Å²) in [5.74, 6) is -1.03. The number of anilines is 1. The lowest BCUT2D eigenvalue weighted by Crippen LogP contribution is -2.30. The molecule has 0 radical (unpaired) electrons. The van der Waals surface area contributed by atoms with E-state index in [1.165, 1.54) is 6.07 Å². The fraction of sp³-hybridized carbons (Fsp3) is 0.412. The van der Waals surface area contributed by atoms with Gasteiger partial charge in [0.15, 0.2) is 11.6 Å². The lowest BCUT2D eigenvalue weighted by atomic mass is 9.93. The number of pyridine rings is 1. The number of aromatic hydroxyl groups is 1. The minimum atomic E-state index is -0.581. The summed E-state index contributed by atoms with van der Waals surface area (Å²) in [6.45, 7) is 3.67. The van der Waals surface area contributed by atoms with Crippen molar-refractivity contribution in [3.05, 3.63) is 35.3 Å². The number of aryl methyl sites for hydroxylation is 2. The van der Waals surface area contributed by atoms with Crippen molar-refractivity contribution in [1.82, 2.24) is 19.7 Å². The van der Waals surface area contributed by atoms with Crippen LogP contribution in [0, 0.1) is 19.8 Å². The predicted octanol–water partition coefficient (Wildman–Crippen LogP) is 1.30. The van der Waals surface area contributed by atoms with Crippen LogP contribution in [0.25, 0.3) is 0 Å². The minimum Gasteiger partial charge on any atom is -0.504 e. The number of carbonyl (C=O) groups is 2. The average molecular weight is 343 g/mol. The van der Waals surface area contributed by atoms with Crippen LogP contribution in [0.3, 0.4) is 0 Å². The third kappa shape index (κ3) is 2.95. The van der Waals surface area contributed by atoms with E-state index in [0.29, 0.717) is 5.69 Å². The van der Waals surface area contributed by atoms with Crippen LogP contribution in [0.5, 0.6) is 5.75 Å². The predicted molar refractivity (Wildman–Crippen MR) is 90.8 cm³/mol. The molecule has 0 saturated carbocycles. The van der Waals surface area contributed by atoms with Gasteiger partial charge in [0.05, 0.1) is 18.2 Å². The number of carbonyl (C=O) groups excluding carboxylic acids is 2. The number of aromatic nitrogens is 3. The number of nitrogens with one attached hydrogen (secondary N) is 1. The van der Waals surface area contributed by atoms with E-state index in [4.69, 9.17) is 0 Å². The zero-order valence-corrected chi connectivity index (χ0v) is 14.6. The summed E-state index contributed by atoms with van der Waals surface area (Å²) in [7, 11) is 3.51. The molecule has 2 aromatic heterocycles. The lowest BCUT2D eigenvalue weighted by molar-refractivity contribution is -0.128. The van der Waals surface area contributed by atoms with Gasteiger partial charge in [0.25, 0.3) is 0 Å². The van der Waals surface area contributed by atoms with Gasteiger partial charge >= 0.3 is 0 Å². The SMILES string of the molecule is Cc1ccc(O)c(NC(=O)[C@@H]2CC(=O)N(C)[C@H]2c2cnn(C)c2C)n1. The monoisotopic (exact) mass is 343 g/mol. The molecule has 1 aliphatic heterocycles. The lowest BCUT2D eigenvalue weighted by Gasteiger charge is -2.24. The molecular formula is C17H21N5O3. The first-order valence-electron chi connectivity index (χ1n) is 8.01. The molecule has 0 unspecified atom stereocenters.